The number of amides is 1. The van der Waals surface area contributed by atoms with Crippen molar-refractivity contribution < 1.29 is 17.9 Å². The predicted octanol–water partition coefficient (Wildman–Crippen LogP) is 3.33. The zero-order chi connectivity index (χ0) is 23.6. The first-order valence-electron chi connectivity index (χ1n) is 10.6. The van der Waals surface area contributed by atoms with E-state index in [0.717, 1.165) is 16.8 Å². The molecule has 1 unspecified atom stereocenters. The topological polar surface area (TPSA) is 79.0 Å². The maximum atomic E-state index is 13.4. The molecule has 0 aromatic heterocycles. The van der Waals surface area contributed by atoms with Gasteiger partial charge in [0.15, 0.2) is 6.10 Å². The fourth-order valence-electron chi connectivity index (χ4n) is 3.62. The Morgan fingerprint density at radius 2 is 1.70 bits per heavy atom. The molecule has 0 fully saturated rings. The van der Waals surface area contributed by atoms with Crippen LogP contribution < -0.4 is 19.3 Å². The second-order valence-corrected chi connectivity index (χ2v) is 10.1. The van der Waals surface area contributed by atoms with Gasteiger partial charge in [0.2, 0.25) is 0 Å². The third kappa shape index (κ3) is 4.80. The maximum absolute atomic E-state index is 13.4. The maximum Gasteiger partial charge on any atom is 0.264 e. The molecule has 0 saturated heterocycles. The van der Waals surface area contributed by atoms with Crippen LogP contribution in [0, 0.1) is 6.92 Å². The minimum absolute atomic E-state index is 0.112. The number of carbonyl (C=O) groups is 1. The number of rotatable bonds is 6. The first-order valence-corrected chi connectivity index (χ1v) is 12.1. The van der Waals surface area contributed by atoms with Gasteiger partial charge in [-0.3, -0.25) is 9.10 Å². The van der Waals surface area contributed by atoms with Crippen molar-refractivity contribution in [2.45, 2.75) is 24.5 Å². The molecule has 3 aromatic rings. The number of nitrogens with zero attached hydrogens (tertiary/aromatic N) is 2. The SMILES string of the molecule is Cc1ccc(S(=O)(=O)N2CC(C(=O)NCc3ccc(N(C)C)cc3)Oc3ccccc32)cc1. The van der Waals surface area contributed by atoms with Crippen LogP contribution in [-0.2, 0) is 21.4 Å². The van der Waals surface area contributed by atoms with Crippen molar-refractivity contribution in [1.29, 1.82) is 0 Å². The van der Waals surface area contributed by atoms with E-state index in [1.54, 1.807) is 48.5 Å². The van der Waals surface area contributed by atoms with E-state index in [1.165, 1.54) is 4.31 Å². The lowest BCUT2D eigenvalue weighted by atomic mass is 10.2. The van der Waals surface area contributed by atoms with Gasteiger partial charge in [-0.05, 0) is 48.9 Å². The van der Waals surface area contributed by atoms with Gasteiger partial charge in [-0.25, -0.2) is 8.42 Å². The summed E-state index contributed by atoms with van der Waals surface area (Å²) in [7, 11) is 0.0575. The van der Waals surface area contributed by atoms with Crippen molar-refractivity contribution in [3.05, 3.63) is 83.9 Å². The molecule has 0 spiro atoms. The second-order valence-electron chi connectivity index (χ2n) is 8.20. The van der Waals surface area contributed by atoms with Crippen molar-refractivity contribution >= 4 is 27.3 Å². The van der Waals surface area contributed by atoms with Crippen molar-refractivity contribution in [3.8, 4) is 5.75 Å². The highest BCUT2D eigenvalue weighted by molar-refractivity contribution is 7.92. The predicted molar refractivity (Wildman–Crippen MR) is 129 cm³/mol. The van der Waals surface area contributed by atoms with Gasteiger partial charge in [-0.2, -0.15) is 0 Å². The van der Waals surface area contributed by atoms with Crippen LogP contribution in [0.3, 0.4) is 0 Å². The van der Waals surface area contributed by atoms with Crippen molar-refractivity contribution in [2.75, 3.05) is 29.8 Å². The molecule has 0 aliphatic carbocycles. The summed E-state index contributed by atoms with van der Waals surface area (Å²) >= 11 is 0. The number of fused-ring (bicyclic) bond motifs is 1. The fourth-order valence-corrected chi connectivity index (χ4v) is 5.09. The molecule has 4 rings (SSSR count). The number of aryl methyl sites for hydroxylation is 1. The quantitative estimate of drug-likeness (QED) is 0.604. The number of hydrogen-bond donors (Lipinski definition) is 1. The number of nitrogens with one attached hydrogen (secondary N) is 1. The molecule has 0 saturated carbocycles. The van der Waals surface area contributed by atoms with Gasteiger partial charge >= 0.3 is 0 Å². The number of anilines is 2. The Bertz CT molecular complexity index is 1240. The summed E-state index contributed by atoms with van der Waals surface area (Å²) in [4.78, 5) is 15.1. The van der Waals surface area contributed by atoms with Gasteiger partial charge in [0.25, 0.3) is 15.9 Å². The molecule has 1 aliphatic rings. The molecule has 7 nitrogen and oxygen atoms in total. The molecule has 8 heteroatoms. The smallest absolute Gasteiger partial charge is 0.264 e. The second kappa shape index (κ2) is 9.15. The van der Waals surface area contributed by atoms with Crippen molar-refractivity contribution in [2.24, 2.45) is 0 Å². The van der Waals surface area contributed by atoms with Gasteiger partial charge < -0.3 is 15.0 Å². The average molecular weight is 466 g/mol. The van der Waals surface area contributed by atoms with E-state index < -0.39 is 16.1 Å². The molecule has 0 bridgehead atoms. The van der Waals surface area contributed by atoms with Gasteiger partial charge in [0.05, 0.1) is 17.1 Å². The molecule has 1 heterocycles. The van der Waals surface area contributed by atoms with Crippen molar-refractivity contribution in [1.82, 2.24) is 5.32 Å². The van der Waals surface area contributed by atoms with Crippen LogP contribution in [0.25, 0.3) is 0 Å². The number of para-hydroxylation sites is 2. The van der Waals surface area contributed by atoms with Crippen LogP contribution in [0.2, 0.25) is 0 Å². The minimum atomic E-state index is -3.87. The summed E-state index contributed by atoms with van der Waals surface area (Å²) in [5, 5.41) is 2.87. The van der Waals surface area contributed by atoms with E-state index in [4.69, 9.17) is 4.74 Å². The third-order valence-electron chi connectivity index (χ3n) is 5.56. The van der Waals surface area contributed by atoms with Crippen LogP contribution in [0.15, 0.2) is 77.7 Å². The summed E-state index contributed by atoms with van der Waals surface area (Å²) in [5.41, 5.74) is 3.39. The molecule has 172 valence electrons. The van der Waals surface area contributed by atoms with Gasteiger partial charge in [0.1, 0.15) is 5.75 Å². The van der Waals surface area contributed by atoms with Gasteiger partial charge in [-0.1, -0.05) is 42.0 Å². The van der Waals surface area contributed by atoms with Crippen molar-refractivity contribution in [3.63, 3.8) is 0 Å². The van der Waals surface area contributed by atoms with Crippen LogP contribution >= 0.6 is 0 Å². The van der Waals surface area contributed by atoms with E-state index in [2.05, 4.69) is 5.32 Å². The first-order chi connectivity index (χ1) is 15.8. The number of sulfonamides is 1. The lowest BCUT2D eigenvalue weighted by Crippen LogP contribution is -2.50. The standard InChI is InChI=1S/C25H27N3O4S/c1-18-8-14-21(15-9-18)33(30,31)28-17-24(32-23-7-5-4-6-22(23)28)25(29)26-16-19-10-12-20(13-11-19)27(2)3/h4-15,24H,16-17H2,1-3H3,(H,26,29). The third-order valence-corrected chi connectivity index (χ3v) is 7.35. The van der Waals surface area contributed by atoms with Crippen LogP contribution in [0.1, 0.15) is 11.1 Å². The molecule has 33 heavy (non-hydrogen) atoms. The monoisotopic (exact) mass is 465 g/mol. The highest BCUT2D eigenvalue weighted by Gasteiger charge is 2.37. The van der Waals surface area contributed by atoms with E-state index in [-0.39, 0.29) is 17.3 Å². The molecule has 1 atom stereocenters. The normalized spacial score (nSPS) is 15.4. The Hall–Kier alpha value is -3.52. The number of benzene rings is 3. The van der Waals surface area contributed by atoms with E-state index in [0.29, 0.717) is 18.0 Å². The lowest BCUT2D eigenvalue weighted by molar-refractivity contribution is -0.127. The Morgan fingerprint density at radius 3 is 2.36 bits per heavy atom. The molecule has 1 N–H and O–H groups in total. The molecule has 1 amide bonds. The number of ether oxygens (including phenoxy) is 1. The molecular formula is C25H27N3O4S. The van der Waals surface area contributed by atoms with Crippen LogP contribution in [-0.4, -0.2) is 41.1 Å². The van der Waals surface area contributed by atoms with E-state index in [9.17, 15) is 13.2 Å². The zero-order valence-electron chi connectivity index (χ0n) is 18.9. The molecule has 0 radical (unpaired) electrons. The Kier molecular flexibility index (Phi) is 6.29. The highest BCUT2D eigenvalue weighted by atomic mass is 32.2. The molecular weight excluding hydrogens is 438 g/mol. The van der Waals surface area contributed by atoms with Crippen LogP contribution in [0.5, 0.6) is 5.75 Å². The average Bonchev–Trinajstić information content (AvgIpc) is 2.82. The Morgan fingerprint density at radius 1 is 1.03 bits per heavy atom. The summed E-state index contributed by atoms with van der Waals surface area (Å²) < 4.78 is 34.0. The number of carbonyl (C=O) groups excluding carboxylic acids is 1. The Balaban J connectivity index is 1.54. The lowest BCUT2D eigenvalue weighted by Gasteiger charge is -2.34. The number of hydrogen-bond acceptors (Lipinski definition) is 5. The van der Waals surface area contributed by atoms with E-state index in [1.807, 2.05) is 50.2 Å². The summed E-state index contributed by atoms with van der Waals surface area (Å²) in [6.45, 7) is 2.10. The highest BCUT2D eigenvalue weighted by Crippen LogP contribution is 2.36. The largest absolute Gasteiger partial charge is 0.476 e. The molecule has 1 aliphatic heterocycles. The van der Waals surface area contributed by atoms with Gasteiger partial charge in [-0.15, -0.1) is 0 Å². The molecule has 3 aromatic carbocycles. The van der Waals surface area contributed by atoms with E-state index >= 15 is 0 Å². The first kappa shape index (κ1) is 22.7. The minimum Gasteiger partial charge on any atom is -0.476 e. The fraction of sp³-hybridized carbons (Fsp3) is 0.240. The van der Waals surface area contributed by atoms with Gasteiger partial charge in [0, 0.05) is 26.3 Å². The summed E-state index contributed by atoms with van der Waals surface area (Å²) in [5.74, 6) is -0.0137. The summed E-state index contributed by atoms with van der Waals surface area (Å²) in [6, 6.07) is 21.4. The van der Waals surface area contributed by atoms with Crippen LogP contribution in [0.4, 0.5) is 11.4 Å². The summed E-state index contributed by atoms with van der Waals surface area (Å²) in [6.07, 6.45) is -0.971. The zero-order valence-corrected chi connectivity index (χ0v) is 19.7. The Labute approximate surface area is 194 Å².